The fraction of sp³-hybridized carbons (Fsp3) is 0.846. The van der Waals surface area contributed by atoms with Gasteiger partial charge in [-0.3, -0.25) is 9.59 Å². The van der Waals surface area contributed by atoms with Gasteiger partial charge >= 0.3 is 5.97 Å². The first-order chi connectivity index (χ1) is 8.65. The van der Waals surface area contributed by atoms with Gasteiger partial charge in [0.1, 0.15) is 6.54 Å². The van der Waals surface area contributed by atoms with E-state index in [4.69, 9.17) is 5.11 Å². The molecular formula is C13H22N2O3. The first-order valence-corrected chi connectivity index (χ1v) is 6.88. The van der Waals surface area contributed by atoms with Crippen LogP contribution in [0.5, 0.6) is 0 Å². The smallest absolute Gasteiger partial charge is 0.323 e. The number of hydrogen-bond donors (Lipinski definition) is 2. The molecule has 0 bridgehead atoms. The molecule has 2 aliphatic carbocycles. The number of carbonyl (C=O) groups is 2. The summed E-state index contributed by atoms with van der Waals surface area (Å²) >= 11 is 0. The highest BCUT2D eigenvalue weighted by molar-refractivity contribution is 5.82. The van der Waals surface area contributed by atoms with Crippen molar-refractivity contribution in [3.63, 3.8) is 0 Å². The van der Waals surface area contributed by atoms with E-state index in [0.29, 0.717) is 18.5 Å². The van der Waals surface area contributed by atoms with Crippen LogP contribution in [0.2, 0.25) is 0 Å². The van der Waals surface area contributed by atoms with E-state index in [9.17, 15) is 9.59 Å². The Bertz CT molecular complexity index is 309. The summed E-state index contributed by atoms with van der Waals surface area (Å²) in [6, 6.07) is 0.446. The summed E-state index contributed by atoms with van der Waals surface area (Å²) in [6.45, 7) is 0.726. The van der Waals surface area contributed by atoms with Gasteiger partial charge in [-0.05, 0) is 31.6 Å². The molecule has 0 heterocycles. The van der Waals surface area contributed by atoms with E-state index in [-0.39, 0.29) is 19.0 Å². The second-order valence-corrected chi connectivity index (χ2v) is 5.47. The van der Waals surface area contributed by atoms with Gasteiger partial charge in [-0.25, -0.2) is 0 Å². The predicted molar refractivity (Wildman–Crippen MR) is 67.2 cm³/mol. The topological polar surface area (TPSA) is 69.6 Å². The number of carbonyl (C=O) groups excluding carboxylic acids is 1. The average molecular weight is 254 g/mol. The molecule has 0 aliphatic heterocycles. The largest absolute Gasteiger partial charge is 0.480 e. The van der Waals surface area contributed by atoms with Crippen LogP contribution in [0.1, 0.15) is 38.5 Å². The van der Waals surface area contributed by atoms with Gasteiger partial charge in [-0.1, -0.05) is 12.8 Å². The third-order valence-electron chi connectivity index (χ3n) is 3.75. The minimum atomic E-state index is -0.926. The zero-order chi connectivity index (χ0) is 13.0. The monoisotopic (exact) mass is 254 g/mol. The van der Waals surface area contributed by atoms with Crippen LogP contribution in [-0.2, 0) is 9.59 Å². The van der Waals surface area contributed by atoms with Crippen LogP contribution in [0.4, 0.5) is 0 Å². The van der Waals surface area contributed by atoms with E-state index in [2.05, 4.69) is 5.32 Å². The van der Waals surface area contributed by atoms with Gasteiger partial charge < -0.3 is 15.3 Å². The molecule has 2 fully saturated rings. The van der Waals surface area contributed by atoms with E-state index in [1.807, 2.05) is 0 Å². The molecule has 0 aromatic heterocycles. The fourth-order valence-electron chi connectivity index (χ4n) is 2.50. The highest BCUT2D eigenvalue weighted by Crippen LogP contribution is 2.29. The van der Waals surface area contributed by atoms with Crippen molar-refractivity contribution in [3.05, 3.63) is 0 Å². The van der Waals surface area contributed by atoms with Crippen molar-refractivity contribution in [2.24, 2.45) is 5.92 Å². The predicted octanol–water partition coefficient (Wildman–Crippen LogP) is 0.842. The molecule has 0 spiro atoms. The van der Waals surface area contributed by atoms with Crippen molar-refractivity contribution in [2.75, 3.05) is 19.6 Å². The minimum Gasteiger partial charge on any atom is -0.480 e. The maximum atomic E-state index is 12.0. The van der Waals surface area contributed by atoms with Crippen LogP contribution in [-0.4, -0.2) is 47.6 Å². The third kappa shape index (κ3) is 4.29. The molecule has 2 rings (SSSR count). The SMILES string of the molecule is O=C(O)CN(CC1CC1)C(=O)CNC1CCCC1. The summed E-state index contributed by atoms with van der Waals surface area (Å²) in [6.07, 6.45) is 6.97. The Balaban J connectivity index is 1.75. The van der Waals surface area contributed by atoms with E-state index < -0.39 is 5.97 Å². The van der Waals surface area contributed by atoms with Gasteiger partial charge in [0.05, 0.1) is 6.54 Å². The van der Waals surface area contributed by atoms with Crippen LogP contribution >= 0.6 is 0 Å². The Labute approximate surface area is 108 Å². The van der Waals surface area contributed by atoms with Crippen molar-refractivity contribution < 1.29 is 14.7 Å². The van der Waals surface area contributed by atoms with Crippen LogP contribution in [0.15, 0.2) is 0 Å². The van der Waals surface area contributed by atoms with Crippen LogP contribution in [0, 0.1) is 5.92 Å². The fourth-order valence-corrected chi connectivity index (χ4v) is 2.50. The lowest BCUT2D eigenvalue weighted by molar-refractivity contribution is -0.144. The number of rotatable bonds is 7. The number of carboxylic acids is 1. The molecule has 102 valence electrons. The van der Waals surface area contributed by atoms with E-state index in [1.165, 1.54) is 17.7 Å². The van der Waals surface area contributed by atoms with Crippen LogP contribution in [0.3, 0.4) is 0 Å². The molecule has 5 nitrogen and oxygen atoms in total. The van der Waals surface area contributed by atoms with Crippen LogP contribution < -0.4 is 5.32 Å². The molecule has 0 aromatic rings. The van der Waals surface area contributed by atoms with Crippen LogP contribution in [0.25, 0.3) is 0 Å². The van der Waals surface area contributed by atoms with Crippen molar-refractivity contribution in [1.82, 2.24) is 10.2 Å². The molecule has 0 radical (unpaired) electrons. The van der Waals surface area contributed by atoms with Crippen molar-refractivity contribution in [2.45, 2.75) is 44.6 Å². The van der Waals surface area contributed by atoms with Gasteiger partial charge in [0.25, 0.3) is 0 Å². The summed E-state index contributed by atoms with van der Waals surface area (Å²) in [7, 11) is 0. The molecule has 0 saturated heterocycles. The molecule has 2 N–H and O–H groups in total. The van der Waals surface area contributed by atoms with Gasteiger partial charge in [0, 0.05) is 12.6 Å². The Kier molecular flexibility index (Phi) is 4.58. The summed E-state index contributed by atoms with van der Waals surface area (Å²) in [4.78, 5) is 24.2. The second kappa shape index (κ2) is 6.18. The standard InChI is InChI=1S/C13H22N2O3/c16-12(7-14-11-3-1-2-4-11)15(9-13(17)18)8-10-5-6-10/h10-11,14H,1-9H2,(H,17,18). The number of aliphatic carboxylic acids is 1. The lowest BCUT2D eigenvalue weighted by Gasteiger charge is -2.22. The summed E-state index contributed by atoms with van der Waals surface area (Å²) in [5.74, 6) is -0.471. The van der Waals surface area contributed by atoms with Crippen molar-refractivity contribution >= 4 is 11.9 Å². The maximum absolute atomic E-state index is 12.0. The van der Waals surface area contributed by atoms with E-state index >= 15 is 0 Å². The van der Waals surface area contributed by atoms with E-state index in [0.717, 1.165) is 25.7 Å². The molecule has 1 amide bonds. The minimum absolute atomic E-state index is 0.0730. The van der Waals surface area contributed by atoms with Gasteiger partial charge in [-0.15, -0.1) is 0 Å². The zero-order valence-electron chi connectivity index (χ0n) is 10.7. The molecular weight excluding hydrogens is 232 g/mol. The highest BCUT2D eigenvalue weighted by Gasteiger charge is 2.28. The molecule has 0 atom stereocenters. The quantitative estimate of drug-likeness (QED) is 0.706. The lowest BCUT2D eigenvalue weighted by atomic mass is 10.2. The Morgan fingerprint density at radius 2 is 1.83 bits per heavy atom. The number of nitrogens with zero attached hydrogens (tertiary/aromatic N) is 1. The molecule has 0 unspecified atom stereocenters. The lowest BCUT2D eigenvalue weighted by Crippen LogP contribution is -2.44. The average Bonchev–Trinajstić information content (AvgIpc) is 2.98. The molecule has 2 saturated carbocycles. The maximum Gasteiger partial charge on any atom is 0.323 e. The molecule has 0 aromatic carbocycles. The van der Waals surface area contributed by atoms with Gasteiger partial charge in [0.2, 0.25) is 5.91 Å². The number of carboxylic acid groups (broad SMARTS) is 1. The summed E-state index contributed by atoms with van der Waals surface area (Å²) in [5.41, 5.74) is 0. The molecule has 5 heteroatoms. The van der Waals surface area contributed by atoms with Gasteiger partial charge in [-0.2, -0.15) is 0 Å². The Hall–Kier alpha value is -1.10. The summed E-state index contributed by atoms with van der Waals surface area (Å²) < 4.78 is 0. The first-order valence-electron chi connectivity index (χ1n) is 6.88. The number of hydrogen-bond acceptors (Lipinski definition) is 3. The van der Waals surface area contributed by atoms with Crippen molar-refractivity contribution in [1.29, 1.82) is 0 Å². The Morgan fingerprint density at radius 3 is 2.39 bits per heavy atom. The number of nitrogens with one attached hydrogen (secondary N) is 1. The normalized spacial score (nSPS) is 20.0. The Morgan fingerprint density at radius 1 is 1.17 bits per heavy atom. The first kappa shape index (κ1) is 13.3. The number of amides is 1. The highest BCUT2D eigenvalue weighted by atomic mass is 16.4. The third-order valence-corrected chi connectivity index (χ3v) is 3.75. The van der Waals surface area contributed by atoms with Gasteiger partial charge in [0.15, 0.2) is 0 Å². The second-order valence-electron chi connectivity index (χ2n) is 5.47. The molecule has 2 aliphatic rings. The molecule has 18 heavy (non-hydrogen) atoms. The zero-order valence-corrected chi connectivity index (χ0v) is 10.7. The van der Waals surface area contributed by atoms with Crippen molar-refractivity contribution in [3.8, 4) is 0 Å². The van der Waals surface area contributed by atoms with E-state index in [1.54, 1.807) is 0 Å². The summed E-state index contributed by atoms with van der Waals surface area (Å²) in [5, 5.41) is 12.1.